The van der Waals surface area contributed by atoms with E-state index in [-0.39, 0.29) is 5.41 Å². The molecule has 0 unspecified atom stereocenters. The summed E-state index contributed by atoms with van der Waals surface area (Å²) in [4.78, 5) is 1.86. The first-order valence-corrected chi connectivity index (χ1v) is 6.71. The molecule has 1 aliphatic heterocycles. The minimum Gasteiger partial charge on any atom is -0.495 e. The number of methoxy groups -OCH3 is 1. The standard InChI is InChI=1S/C14H20ClN3O/c1-14(2,3)9-5-6-10(19-4)12(11(9)15)18-8-7-17-13(18)16/h5-6H,7-8H2,1-4H3,(H2,16,17). The van der Waals surface area contributed by atoms with Gasteiger partial charge in [0, 0.05) is 13.1 Å². The lowest BCUT2D eigenvalue weighted by Crippen LogP contribution is -2.29. The molecule has 0 spiro atoms. The van der Waals surface area contributed by atoms with E-state index >= 15 is 0 Å². The molecule has 1 fully saturated rings. The quantitative estimate of drug-likeness (QED) is 0.876. The third-order valence-electron chi connectivity index (χ3n) is 3.27. The van der Waals surface area contributed by atoms with E-state index in [1.807, 2.05) is 17.0 Å². The van der Waals surface area contributed by atoms with Crippen LogP contribution in [-0.2, 0) is 5.41 Å². The van der Waals surface area contributed by atoms with E-state index in [1.54, 1.807) is 7.11 Å². The van der Waals surface area contributed by atoms with Crippen LogP contribution in [0.1, 0.15) is 26.3 Å². The molecular formula is C14H20ClN3O. The summed E-state index contributed by atoms with van der Waals surface area (Å²) in [5.74, 6) is 1.07. The highest BCUT2D eigenvalue weighted by Gasteiger charge is 2.28. The van der Waals surface area contributed by atoms with E-state index in [9.17, 15) is 0 Å². The monoisotopic (exact) mass is 281 g/mol. The van der Waals surface area contributed by atoms with Gasteiger partial charge >= 0.3 is 0 Å². The number of ether oxygens (including phenoxy) is 1. The first kappa shape index (κ1) is 14.0. The van der Waals surface area contributed by atoms with E-state index < -0.39 is 0 Å². The normalized spacial score (nSPS) is 15.6. The Balaban J connectivity index is 2.59. The summed E-state index contributed by atoms with van der Waals surface area (Å²) >= 11 is 6.58. The molecule has 0 radical (unpaired) electrons. The molecular weight excluding hydrogens is 262 g/mol. The van der Waals surface area contributed by atoms with Gasteiger partial charge in [-0.05, 0) is 17.0 Å². The lowest BCUT2D eigenvalue weighted by atomic mass is 9.86. The number of anilines is 1. The fraction of sp³-hybridized carbons (Fsp3) is 0.500. The van der Waals surface area contributed by atoms with Crippen LogP contribution in [0, 0.1) is 5.41 Å². The summed E-state index contributed by atoms with van der Waals surface area (Å²) in [6.07, 6.45) is 0. The number of hydrogen-bond donors (Lipinski definition) is 2. The Kier molecular flexibility index (Phi) is 3.63. The van der Waals surface area contributed by atoms with Gasteiger partial charge in [0.1, 0.15) is 11.4 Å². The number of benzene rings is 1. The van der Waals surface area contributed by atoms with E-state index in [4.69, 9.17) is 21.7 Å². The van der Waals surface area contributed by atoms with Crippen LogP contribution >= 0.6 is 11.6 Å². The summed E-state index contributed by atoms with van der Waals surface area (Å²) in [5, 5.41) is 11.6. The highest BCUT2D eigenvalue weighted by Crippen LogP contribution is 2.42. The highest BCUT2D eigenvalue weighted by molar-refractivity contribution is 6.35. The van der Waals surface area contributed by atoms with Gasteiger partial charge in [-0.1, -0.05) is 38.4 Å². The molecule has 1 aromatic rings. The summed E-state index contributed by atoms with van der Waals surface area (Å²) in [6.45, 7) is 7.84. The van der Waals surface area contributed by atoms with Gasteiger partial charge < -0.3 is 15.0 Å². The molecule has 0 amide bonds. The zero-order valence-corrected chi connectivity index (χ0v) is 12.6. The van der Waals surface area contributed by atoms with Crippen molar-refractivity contribution in [2.75, 3.05) is 25.1 Å². The van der Waals surface area contributed by atoms with Crippen molar-refractivity contribution in [2.24, 2.45) is 0 Å². The fourth-order valence-corrected chi connectivity index (χ4v) is 2.80. The molecule has 1 saturated heterocycles. The topological polar surface area (TPSA) is 48.4 Å². The van der Waals surface area contributed by atoms with Crippen molar-refractivity contribution in [1.82, 2.24) is 5.32 Å². The van der Waals surface area contributed by atoms with Crippen molar-refractivity contribution >= 4 is 23.2 Å². The molecule has 0 bridgehead atoms. The molecule has 2 N–H and O–H groups in total. The lowest BCUT2D eigenvalue weighted by Gasteiger charge is -2.27. The Hall–Kier alpha value is -1.42. The number of halogens is 1. The molecule has 1 aromatic carbocycles. The van der Waals surface area contributed by atoms with Crippen LogP contribution in [0.15, 0.2) is 12.1 Å². The number of nitrogens with one attached hydrogen (secondary N) is 2. The zero-order valence-electron chi connectivity index (χ0n) is 11.8. The first-order chi connectivity index (χ1) is 8.86. The summed E-state index contributed by atoms with van der Waals surface area (Å²) < 4.78 is 5.40. The van der Waals surface area contributed by atoms with Gasteiger partial charge in [-0.3, -0.25) is 5.41 Å². The summed E-state index contributed by atoms with van der Waals surface area (Å²) in [7, 11) is 1.62. The van der Waals surface area contributed by atoms with Crippen LogP contribution in [0.25, 0.3) is 0 Å². The van der Waals surface area contributed by atoms with Crippen LogP contribution < -0.4 is 15.0 Å². The van der Waals surface area contributed by atoms with Crippen molar-refractivity contribution in [3.63, 3.8) is 0 Å². The zero-order chi connectivity index (χ0) is 14.2. The maximum Gasteiger partial charge on any atom is 0.195 e. The van der Waals surface area contributed by atoms with Crippen LogP contribution in [0.2, 0.25) is 5.02 Å². The molecule has 2 rings (SSSR count). The molecule has 0 saturated carbocycles. The smallest absolute Gasteiger partial charge is 0.195 e. The second-order valence-electron chi connectivity index (χ2n) is 5.65. The van der Waals surface area contributed by atoms with Crippen LogP contribution in [-0.4, -0.2) is 26.2 Å². The first-order valence-electron chi connectivity index (χ1n) is 6.33. The van der Waals surface area contributed by atoms with Crippen molar-refractivity contribution in [3.8, 4) is 5.75 Å². The van der Waals surface area contributed by atoms with Gasteiger partial charge in [0.05, 0.1) is 12.1 Å². The van der Waals surface area contributed by atoms with E-state index in [0.29, 0.717) is 16.7 Å². The van der Waals surface area contributed by atoms with Gasteiger partial charge in [0.25, 0.3) is 0 Å². The van der Waals surface area contributed by atoms with Crippen molar-refractivity contribution in [3.05, 3.63) is 22.7 Å². The van der Waals surface area contributed by atoms with Gasteiger partial charge in [-0.15, -0.1) is 0 Å². The predicted octanol–water partition coefficient (Wildman–Crippen LogP) is 2.99. The Labute approximate surface area is 119 Å². The maximum atomic E-state index is 7.94. The second kappa shape index (κ2) is 4.93. The molecule has 0 atom stereocenters. The Morgan fingerprint density at radius 3 is 2.53 bits per heavy atom. The second-order valence-corrected chi connectivity index (χ2v) is 6.03. The molecule has 0 aromatic heterocycles. The fourth-order valence-electron chi connectivity index (χ4n) is 2.26. The van der Waals surface area contributed by atoms with E-state index in [2.05, 4.69) is 26.1 Å². The van der Waals surface area contributed by atoms with Gasteiger partial charge in [-0.25, -0.2) is 0 Å². The highest BCUT2D eigenvalue weighted by atomic mass is 35.5. The molecule has 1 aliphatic rings. The van der Waals surface area contributed by atoms with Crippen molar-refractivity contribution < 1.29 is 4.74 Å². The molecule has 104 valence electrons. The minimum absolute atomic E-state index is 0.0482. The van der Waals surface area contributed by atoms with Gasteiger partial charge in [-0.2, -0.15) is 0 Å². The molecule has 1 heterocycles. The van der Waals surface area contributed by atoms with Crippen molar-refractivity contribution in [1.29, 1.82) is 5.41 Å². The van der Waals surface area contributed by atoms with Crippen molar-refractivity contribution in [2.45, 2.75) is 26.2 Å². The molecule has 19 heavy (non-hydrogen) atoms. The largest absolute Gasteiger partial charge is 0.495 e. The van der Waals surface area contributed by atoms with E-state index in [1.165, 1.54) is 0 Å². The summed E-state index contributed by atoms with van der Waals surface area (Å²) in [5.41, 5.74) is 1.80. The Morgan fingerprint density at radius 1 is 1.37 bits per heavy atom. The average Bonchev–Trinajstić information content (AvgIpc) is 2.73. The van der Waals surface area contributed by atoms with E-state index in [0.717, 1.165) is 24.3 Å². The third kappa shape index (κ3) is 2.50. The molecule has 0 aliphatic carbocycles. The SMILES string of the molecule is COc1ccc(C(C)(C)C)c(Cl)c1N1CCNC1=N. The minimum atomic E-state index is -0.0482. The number of nitrogens with zero attached hydrogens (tertiary/aromatic N) is 1. The predicted molar refractivity (Wildman–Crippen MR) is 79.8 cm³/mol. The number of guanidine groups is 1. The van der Waals surface area contributed by atoms with Gasteiger partial charge in [0.15, 0.2) is 5.96 Å². The number of hydrogen-bond acceptors (Lipinski definition) is 2. The lowest BCUT2D eigenvalue weighted by molar-refractivity contribution is 0.415. The van der Waals surface area contributed by atoms with Crippen LogP contribution in [0.4, 0.5) is 5.69 Å². The average molecular weight is 282 g/mol. The Bertz CT molecular complexity index is 508. The maximum absolute atomic E-state index is 7.94. The third-order valence-corrected chi connectivity index (χ3v) is 3.66. The number of rotatable bonds is 2. The Morgan fingerprint density at radius 2 is 2.05 bits per heavy atom. The van der Waals surface area contributed by atoms with Crippen LogP contribution in [0.3, 0.4) is 0 Å². The summed E-state index contributed by atoms with van der Waals surface area (Å²) in [6, 6.07) is 3.92. The molecule has 4 nitrogen and oxygen atoms in total. The molecule has 5 heteroatoms. The van der Waals surface area contributed by atoms with Crippen LogP contribution in [0.5, 0.6) is 5.75 Å². The van der Waals surface area contributed by atoms with Gasteiger partial charge in [0.2, 0.25) is 0 Å².